The molecule has 0 bridgehead atoms. The van der Waals surface area contributed by atoms with Crippen molar-refractivity contribution in [3.8, 4) is 0 Å². The molecule has 1 aromatic heterocycles. The molecule has 86 valence electrons. The third-order valence-corrected chi connectivity index (χ3v) is 2.77. The number of likely N-dealkylation sites (N-methyl/N-ethyl adjacent to an activating group) is 1. The summed E-state index contributed by atoms with van der Waals surface area (Å²) in [6.45, 7) is 4.89. The molecule has 0 amide bonds. The summed E-state index contributed by atoms with van der Waals surface area (Å²) in [6.07, 6.45) is 0. The smallest absolute Gasteiger partial charge is 0.0897 e. The van der Waals surface area contributed by atoms with Crippen molar-refractivity contribution in [2.24, 2.45) is 0 Å². The van der Waals surface area contributed by atoms with Gasteiger partial charge < -0.3 is 9.84 Å². The van der Waals surface area contributed by atoms with Crippen LogP contribution in [0, 0.1) is 6.92 Å². The van der Waals surface area contributed by atoms with E-state index in [0.717, 1.165) is 23.8 Å². The summed E-state index contributed by atoms with van der Waals surface area (Å²) in [5.41, 5.74) is 1.11. The fourth-order valence-corrected chi connectivity index (χ4v) is 1.83. The van der Waals surface area contributed by atoms with E-state index in [1.165, 1.54) is 0 Å². The van der Waals surface area contributed by atoms with Crippen LogP contribution in [0.1, 0.15) is 10.7 Å². The zero-order valence-electron chi connectivity index (χ0n) is 9.27. The molecule has 0 aliphatic carbocycles. The molecule has 0 unspecified atom stereocenters. The molecule has 0 aliphatic heterocycles. The molecule has 1 heterocycles. The van der Waals surface area contributed by atoms with Crippen LogP contribution in [-0.4, -0.2) is 48.4 Å². The number of hydrogen-bond acceptors (Lipinski definition) is 5. The van der Waals surface area contributed by atoms with Crippen LogP contribution < -0.4 is 0 Å². The SMILES string of the molecule is Cc1nc(CN(C)CCOCCO)cs1. The van der Waals surface area contributed by atoms with Gasteiger partial charge in [-0.2, -0.15) is 0 Å². The molecular formula is C10H18N2O2S. The normalized spacial score (nSPS) is 11.2. The maximum atomic E-state index is 8.52. The van der Waals surface area contributed by atoms with E-state index in [1.54, 1.807) is 11.3 Å². The monoisotopic (exact) mass is 230 g/mol. The predicted octanol–water partition coefficient (Wildman–Crippen LogP) is 0.892. The summed E-state index contributed by atoms with van der Waals surface area (Å²) in [7, 11) is 2.04. The topological polar surface area (TPSA) is 45.6 Å². The third-order valence-electron chi connectivity index (χ3n) is 1.95. The predicted molar refractivity (Wildman–Crippen MR) is 61.1 cm³/mol. The molecule has 0 saturated carbocycles. The third kappa shape index (κ3) is 5.22. The van der Waals surface area contributed by atoms with Crippen LogP contribution in [0.3, 0.4) is 0 Å². The minimum Gasteiger partial charge on any atom is -0.394 e. The highest BCUT2D eigenvalue weighted by molar-refractivity contribution is 7.09. The van der Waals surface area contributed by atoms with Crippen molar-refractivity contribution in [2.45, 2.75) is 13.5 Å². The van der Waals surface area contributed by atoms with Gasteiger partial charge in [0.05, 0.1) is 30.5 Å². The van der Waals surface area contributed by atoms with Gasteiger partial charge in [0, 0.05) is 18.5 Å². The quantitative estimate of drug-likeness (QED) is 0.707. The fourth-order valence-electron chi connectivity index (χ4n) is 1.22. The highest BCUT2D eigenvalue weighted by Crippen LogP contribution is 2.09. The van der Waals surface area contributed by atoms with E-state index in [1.807, 2.05) is 14.0 Å². The number of hydrogen-bond donors (Lipinski definition) is 1. The zero-order chi connectivity index (χ0) is 11.1. The Morgan fingerprint density at radius 3 is 2.93 bits per heavy atom. The van der Waals surface area contributed by atoms with Crippen molar-refractivity contribution in [2.75, 3.05) is 33.4 Å². The summed E-state index contributed by atoms with van der Waals surface area (Å²) in [4.78, 5) is 6.55. The first kappa shape index (κ1) is 12.6. The maximum absolute atomic E-state index is 8.52. The standard InChI is InChI=1S/C10H18N2O2S/c1-9-11-10(8-15-9)7-12(2)3-5-14-6-4-13/h8,13H,3-7H2,1-2H3. The van der Waals surface area contributed by atoms with Gasteiger partial charge in [0.1, 0.15) is 0 Å². The Morgan fingerprint density at radius 1 is 1.53 bits per heavy atom. The largest absolute Gasteiger partial charge is 0.394 e. The van der Waals surface area contributed by atoms with Crippen molar-refractivity contribution in [3.05, 3.63) is 16.1 Å². The molecule has 0 atom stereocenters. The van der Waals surface area contributed by atoms with E-state index in [4.69, 9.17) is 9.84 Å². The Bertz CT molecular complexity index is 278. The van der Waals surface area contributed by atoms with Gasteiger partial charge in [-0.1, -0.05) is 0 Å². The van der Waals surface area contributed by atoms with E-state index in [0.29, 0.717) is 13.2 Å². The second-order valence-electron chi connectivity index (χ2n) is 3.43. The number of aryl methyl sites for hydroxylation is 1. The van der Waals surface area contributed by atoms with Crippen LogP contribution in [0.5, 0.6) is 0 Å². The first-order valence-corrected chi connectivity index (χ1v) is 5.88. The molecule has 0 aromatic carbocycles. The van der Waals surface area contributed by atoms with Gasteiger partial charge in [0.2, 0.25) is 0 Å². The molecule has 0 fully saturated rings. The van der Waals surface area contributed by atoms with Crippen molar-refractivity contribution in [1.29, 1.82) is 0 Å². The van der Waals surface area contributed by atoms with Gasteiger partial charge in [0.25, 0.3) is 0 Å². The minimum absolute atomic E-state index is 0.0923. The van der Waals surface area contributed by atoms with Crippen molar-refractivity contribution < 1.29 is 9.84 Å². The van der Waals surface area contributed by atoms with E-state index in [9.17, 15) is 0 Å². The summed E-state index contributed by atoms with van der Waals surface area (Å²) in [6, 6.07) is 0. The lowest BCUT2D eigenvalue weighted by Gasteiger charge is -2.14. The fraction of sp³-hybridized carbons (Fsp3) is 0.700. The Balaban J connectivity index is 2.15. The molecule has 0 aliphatic rings. The first-order chi connectivity index (χ1) is 7.22. The lowest BCUT2D eigenvalue weighted by Crippen LogP contribution is -2.23. The molecule has 4 nitrogen and oxygen atoms in total. The number of aliphatic hydroxyl groups is 1. The molecule has 1 rings (SSSR count). The second kappa shape index (κ2) is 6.90. The van der Waals surface area contributed by atoms with Crippen LogP contribution in [0.25, 0.3) is 0 Å². The Kier molecular flexibility index (Phi) is 5.78. The van der Waals surface area contributed by atoms with Gasteiger partial charge >= 0.3 is 0 Å². The van der Waals surface area contributed by atoms with E-state index in [2.05, 4.69) is 15.3 Å². The van der Waals surface area contributed by atoms with Crippen LogP contribution in [-0.2, 0) is 11.3 Å². The van der Waals surface area contributed by atoms with Gasteiger partial charge in [-0.15, -0.1) is 11.3 Å². The number of aliphatic hydroxyl groups excluding tert-OH is 1. The number of thiazole rings is 1. The lowest BCUT2D eigenvalue weighted by molar-refractivity contribution is 0.0771. The number of nitrogens with zero attached hydrogens (tertiary/aromatic N) is 2. The summed E-state index contributed by atoms with van der Waals surface area (Å²) < 4.78 is 5.19. The highest BCUT2D eigenvalue weighted by atomic mass is 32.1. The van der Waals surface area contributed by atoms with Crippen LogP contribution >= 0.6 is 11.3 Å². The van der Waals surface area contributed by atoms with Gasteiger partial charge in [-0.3, -0.25) is 4.90 Å². The van der Waals surface area contributed by atoms with Gasteiger partial charge in [0.15, 0.2) is 0 Å². The van der Waals surface area contributed by atoms with E-state index >= 15 is 0 Å². The summed E-state index contributed by atoms with van der Waals surface area (Å²) in [5, 5.41) is 11.7. The van der Waals surface area contributed by atoms with Gasteiger partial charge in [-0.25, -0.2) is 4.98 Å². The molecule has 15 heavy (non-hydrogen) atoms. The number of aromatic nitrogens is 1. The molecule has 1 aromatic rings. The Morgan fingerprint density at radius 2 is 2.33 bits per heavy atom. The molecule has 0 spiro atoms. The lowest BCUT2D eigenvalue weighted by atomic mass is 10.4. The molecule has 0 radical (unpaired) electrons. The second-order valence-corrected chi connectivity index (χ2v) is 4.49. The van der Waals surface area contributed by atoms with Crippen LogP contribution in [0.4, 0.5) is 0 Å². The molecule has 5 heteroatoms. The van der Waals surface area contributed by atoms with E-state index < -0.39 is 0 Å². The van der Waals surface area contributed by atoms with Crippen molar-refractivity contribution in [1.82, 2.24) is 9.88 Å². The van der Waals surface area contributed by atoms with E-state index in [-0.39, 0.29) is 6.61 Å². The minimum atomic E-state index is 0.0923. The summed E-state index contributed by atoms with van der Waals surface area (Å²) in [5.74, 6) is 0. The maximum Gasteiger partial charge on any atom is 0.0897 e. The van der Waals surface area contributed by atoms with Crippen molar-refractivity contribution >= 4 is 11.3 Å². The summed E-state index contributed by atoms with van der Waals surface area (Å²) >= 11 is 1.68. The average molecular weight is 230 g/mol. The Hall–Kier alpha value is -0.490. The first-order valence-electron chi connectivity index (χ1n) is 5.00. The molecule has 0 saturated heterocycles. The Labute approximate surface area is 94.5 Å². The van der Waals surface area contributed by atoms with Gasteiger partial charge in [-0.05, 0) is 14.0 Å². The average Bonchev–Trinajstić information content (AvgIpc) is 2.59. The number of rotatable bonds is 7. The van der Waals surface area contributed by atoms with Crippen LogP contribution in [0.2, 0.25) is 0 Å². The number of ether oxygens (including phenoxy) is 1. The van der Waals surface area contributed by atoms with Crippen molar-refractivity contribution in [3.63, 3.8) is 0 Å². The highest BCUT2D eigenvalue weighted by Gasteiger charge is 2.03. The van der Waals surface area contributed by atoms with Crippen LogP contribution in [0.15, 0.2) is 5.38 Å². The zero-order valence-corrected chi connectivity index (χ0v) is 10.1. The molecular weight excluding hydrogens is 212 g/mol. The molecule has 1 N–H and O–H groups in total.